The highest BCUT2D eigenvalue weighted by molar-refractivity contribution is 5.84. The van der Waals surface area contributed by atoms with Crippen LogP contribution in [0.4, 0.5) is 15.8 Å². The number of nitrogens with zero attached hydrogens (tertiary/aromatic N) is 2. The van der Waals surface area contributed by atoms with Crippen molar-refractivity contribution in [2.24, 2.45) is 4.99 Å². The van der Waals surface area contributed by atoms with E-state index in [2.05, 4.69) is 89.4 Å². The Kier molecular flexibility index (Phi) is 19.7. The van der Waals surface area contributed by atoms with Crippen molar-refractivity contribution in [3.63, 3.8) is 0 Å². The number of anilines is 2. The monoisotopic (exact) mass is 583 g/mol. The van der Waals surface area contributed by atoms with Gasteiger partial charge in [-0.15, -0.1) is 12.8 Å². The second kappa shape index (κ2) is 22.0. The molecule has 0 aliphatic heterocycles. The van der Waals surface area contributed by atoms with Crippen LogP contribution in [0.25, 0.3) is 16.5 Å². The predicted molar refractivity (Wildman–Crippen MR) is 190 cm³/mol. The fourth-order valence-corrected chi connectivity index (χ4v) is 3.93. The lowest BCUT2D eigenvalue weighted by Gasteiger charge is -2.08. The molecule has 43 heavy (non-hydrogen) atoms. The summed E-state index contributed by atoms with van der Waals surface area (Å²) in [7, 11) is 3.63. The van der Waals surface area contributed by atoms with Gasteiger partial charge in [0.25, 0.3) is 0 Å². The number of hydrogen-bond donors (Lipinski definition) is 3. The number of terminal acetylenes is 1. The maximum Gasteiger partial charge on any atom is 0.126 e. The van der Waals surface area contributed by atoms with Crippen molar-refractivity contribution in [1.82, 2.24) is 10.2 Å². The molecule has 0 saturated heterocycles. The minimum absolute atomic E-state index is 0.129. The van der Waals surface area contributed by atoms with Gasteiger partial charge in [0.1, 0.15) is 5.82 Å². The Hall–Kier alpha value is -4.63. The summed E-state index contributed by atoms with van der Waals surface area (Å²) in [4.78, 5) is 3.89. The van der Waals surface area contributed by atoms with E-state index in [1.165, 1.54) is 16.5 Å². The lowest BCUT2D eigenvalue weighted by molar-refractivity contribution is 0.615. The number of halogens is 1. The first-order valence-electron chi connectivity index (χ1n) is 14.6. The minimum Gasteiger partial charge on any atom is -0.386 e. The maximum atomic E-state index is 13.6. The van der Waals surface area contributed by atoms with Crippen molar-refractivity contribution >= 4 is 34.1 Å². The Balaban J connectivity index is 0.000000589. The zero-order valence-electron chi connectivity index (χ0n) is 27.5. The van der Waals surface area contributed by atoms with Gasteiger partial charge in [-0.25, -0.2) is 4.39 Å². The van der Waals surface area contributed by atoms with Gasteiger partial charge in [-0.3, -0.25) is 10.1 Å². The number of H-pyrrole nitrogens is 1. The van der Waals surface area contributed by atoms with E-state index in [-0.39, 0.29) is 5.82 Å². The minimum atomic E-state index is -0.129. The van der Waals surface area contributed by atoms with Crippen LogP contribution in [-0.2, 0) is 12.8 Å². The second-order valence-corrected chi connectivity index (χ2v) is 9.15. The van der Waals surface area contributed by atoms with E-state index in [1.807, 2.05) is 66.1 Å². The molecule has 0 bridgehead atoms. The third kappa shape index (κ3) is 12.8. The fourth-order valence-electron chi connectivity index (χ4n) is 3.93. The highest BCUT2D eigenvalue weighted by Crippen LogP contribution is 2.23. The van der Waals surface area contributed by atoms with E-state index < -0.39 is 0 Å². The van der Waals surface area contributed by atoms with E-state index in [9.17, 15) is 4.39 Å². The Morgan fingerprint density at radius 3 is 2.30 bits per heavy atom. The van der Waals surface area contributed by atoms with Crippen molar-refractivity contribution in [2.45, 2.75) is 61.3 Å². The molecule has 5 nitrogen and oxygen atoms in total. The number of allylic oxidation sites excluding steroid dienone is 2. The molecule has 0 fully saturated rings. The Bertz CT molecular complexity index is 1460. The molecule has 3 aromatic carbocycles. The Morgan fingerprint density at radius 2 is 1.72 bits per heavy atom. The SMILES string of the molecule is C#C.C=CNc1ccc(C)cc1NC.CC.CCc1cc(/C(C)=C/C=NC)cc(F)c1C.CCc1ccc2[nH]ncc2c1. The molecular weight excluding hydrogens is 533 g/mol. The van der Waals surface area contributed by atoms with Gasteiger partial charge in [0.05, 0.1) is 23.1 Å². The van der Waals surface area contributed by atoms with E-state index in [4.69, 9.17) is 0 Å². The summed E-state index contributed by atoms with van der Waals surface area (Å²) < 4.78 is 13.6. The van der Waals surface area contributed by atoms with Gasteiger partial charge in [0.15, 0.2) is 0 Å². The largest absolute Gasteiger partial charge is 0.386 e. The molecule has 0 radical (unpaired) electrons. The molecule has 3 N–H and O–H groups in total. The summed E-state index contributed by atoms with van der Waals surface area (Å²) in [6, 6.07) is 16.2. The van der Waals surface area contributed by atoms with Crippen LogP contribution in [0.5, 0.6) is 0 Å². The van der Waals surface area contributed by atoms with Gasteiger partial charge in [-0.05, 0) is 110 Å². The number of aliphatic imine (C=N–C) groups is 1. The topological polar surface area (TPSA) is 65.1 Å². The maximum absolute atomic E-state index is 13.6. The molecule has 4 rings (SSSR count). The Labute approximate surface area is 259 Å². The summed E-state index contributed by atoms with van der Waals surface area (Å²) in [6.45, 7) is 17.7. The third-order valence-corrected chi connectivity index (χ3v) is 6.38. The van der Waals surface area contributed by atoms with E-state index in [1.54, 1.807) is 25.5 Å². The standard InChI is InChI=1S/C14H18FN.C10H14N2.C9H10N2.C2H6.C2H2/c1-5-12-8-13(9-14(15)11(12)3)10(2)6-7-16-4;1-4-12-9-6-5-8(2)7-10(9)11-3;1-2-7-3-4-9-8(5-7)6-10-11-9;2*1-2/h6-9H,5H2,1-4H3;4-7,11-12H,1H2,2-3H3;3-6H,2H2,1H3,(H,10,11);1-2H3;1-2H/b10-6+,16-7?;;;;. The lowest BCUT2D eigenvalue weighted by Crippen LogP contribution is -1.95. The molecule has 0 saturated carbocycles. The van der Waals surface area contributed by atoms with Gasteiger partial charge < -0.3 is 10.6 Å². The lowest BCUT2D eigenvalue weighted by atomic mass is 9.98. The first kappa shape index (κ1) is 38.4. The number of rotatable bonds is 7. The Morgan fingerprint density at radius 1 is 1.02 bits per heavy atom. The van der Waals surface area contributed by atoms with Crippen LogP contribution in [0, 0.1) is 32.5 Å². The van der Waals surface area contributed by atoms with Crippen LogP contribution >= 0.6 is 0 Å². The van der Waals surface area contributed by atoms with Crippen LogP contribution in [0.1, 0.15) is 62.4 Å². The average Bonchev–Trinajstić information content (AvgIpc) is 3.52. The van der Waals surface area contributed by atoms with Gasteiger partial charge >= 0.3 is 0 Å². The normalized spacial score (nSPS) is 10.1. The van der Waals surface area contributed by atoms with Crippen molar-refractivity contribution < 1.29 is 4.39 Å². The highest BCUT2D eigenvalue weighted by Gasteiger charge is 2.06. The van der Waals surface area contributed by atoms with Crippen molar-refractivity contribution in [3.8, 4) is 12.8 Å². The van der Waals surface area contributed by atoms with Crippen LogP contribution in [0.2, 0.25) is 0 Å². The number of aryl methyl sites for hydroxylation is 3. The first-order chi connectivity index (χ1) is 20.8. The zero-order valence-corrected chi connectivity index (χ0v) is 27.5. The second-order valence-electron chi connectivity index (χ2n) is 9.15. The summed E-state index contributed by atoms with van der Waals surface area (Å²) in [6.07, 6.45) is 17.1. The molecule has 4 aromatic rings. The summed E-state index contributed by atoms with van der Waals surface area (Å²) in [5, 5.41) is 14.2. The summed E-state index contributed by atoms with van der Waals surface area (Å²) in [5.41, 5.74) is 9.64. The molecule has 1 aromatic heterocycles. The fraction of sp³-hybridized carbons (Fsp3) is 0.297. The molecule has 0 aliphatic carbocycles. The number of nitrogens with one attached hydrogen (secondary N) is 3. The summed E-state index contributed by atoms with van der Waals surface area (Å²) in [5.74, 6) is -0.129. The molecule has 230 valence electrons. The van der Waals surface area contributed by atoms with Gasteiger partial charge in [0.2, 0.25) is 0 Å². The molecule has 0 unspecified atom stereocenters. The van der Waals surface area contributed by atoms with Crippen LogP contribution in [0.3, 0.4) is 0 Å². The van der Waals surface area contributed by atoms with Crippen LogP contribution in [-0.4, -0.2) is 30.5 Å². The smallest absolute Gasteiger partial charge is 0.126 e. The zero-order chi connectivity index (χ0) is 32.8. The number of fused-ring (bicyclic) bond motifs is 1. The number of aromatic nitrogens is 2. The average molecular weight is 584 g/mol. The van der Waals surface area contributed by atoms with E-state index >= 15 is 0 Å². The predicted octanol–water partition coefficient (Wildman–Crippen LogP) is 9.79. The van der Waals surface area contributed by atoms with Gasteiger partial charge in [-0.1, -0.05) is 52.5 Å². The number of aromatic amines is 1. The van der Waals surface area contributed by atoms with Gasteiger partial charge in [-0.2, -0.15) is 5.10 Å². The molecule has 0 atom stereocenters. The molecule has 6 heteroatoms. The van der Waals surface area contributed by atoms with E-state index in [0.29, 0.717) is 0 Å². The molecular formula is C37H50FN5. The van der Waals surface area contributed by atoms with Crippen LogP contribution in [0.15, 0.2) is 78.6 Å². The first-order valence-corrected chi connectivity index (χ1v) is 14.6. The van der Waals surface area contributed by atoms with Crippen molar-refractivity contribution in [1.29, 1.82) is 0 Å². The molecule has 0 amide bonds. The number of benzene rings is 3. The van der Waals surface area contributed by atoms with Gasteiger partial charge in [0, 0.05) is 25.7 Å². The quantitative estimate of drug-likeness (QED) is 0.150. The highest BCUT2D eigenvalue weighted by atomic mass is 19.1. The van der Waals surface area contributed by atoms with E-state index in [0.717, 1.165) is 52.0 Å². The van der Waals surface area contributed by atoms with Crippen molar-refractivity contribution in [3.05, 3.63) is 107 Å². The van der Waals surface area contributed by atoms with Crippen molar-refractivity contribution in [2.75, 3.05) is 24.7 Å². The molecule has 0 spiro atoms. The number of hydrogen-bond acceptors (Lipinski definition) is 4. The van der Waals surface area contributed by atoms with Crippen LogP contribution < -0.4 is 10.6 Å². The summed E-state index contributed by atoms with van der Waals surface area (Å²) >= 11 is 0. The third-order valence-electron chi connectivity index (χ3n) is 6.38. The molecule has 1 heterocycles. The molecule has 0 aliphatic rings.